The molecular weight excluding hydrogens is 388 g/mol. The van der Waals surface area contributed by atoms with Gasteiger partial charge in [-0.2, -0.15) is 18.4 Å². The maximum absolute atomic E-state index is 13.8. The molecule has 27 heavy (non-hydrogen) atoms. The van der Waals surface area contributed by atoms with E-state index in [1.807, 2.05) is 0 Å². The minimum Gasteiger partial charge on any atom is -0.382 e. The lowest BCUT2D eigenvalue weighted by atomic mass is 10.1. The van der Waals surface area contributed by atoms with Gasteiger partial charge in [-0.1, -0.05) is 0 Å². The molecule has 1 heterocycles. The number of benzene rings is 1. The van der Waals surface area contributed by atoms with E-state index in [0.717, 1.165) is 0 Å². The van der Waals surface area contributed by atoms with Gasteiger partial charge in [-0.05, 0) is 12.1 Å². The van der Waals surface area contributed by atoms with Crippen molar-refractivity contribution < 1.29 is 40.2 Å². The van der Waals surface area contributed by atoms with Crippen molar-refractivity contribution in [3.63, 3.8) is 0 Å². The van der Waals surface area contributed by atoms with Gasteiger partial charge in [0.2, 0.25) is 0 Å². The van der Waals surface area contributed by atoms with Gasteiger partial charge < -0.3 is 9.67 Å². The Kier molecular flexibility index (Phi) is 4.22. The molecule has 1 atom stereocenters. The summed E-state index contributed by atoms with van der Waals surface area (Å²) in [5.41, 5.74) is -5.97. The average Bonchev–Trinajstić information content (AvgIpc) is 3.02. The first-order chi connectivity index (χ1) is 12.4. The smallest absolute Gasteiger partial charge is 0.382 e. The summed E-state index contributed by atoms with van der Waals surface area (Å²) < 4.78 is 108. The number of alkyl halides is 7. The molecule has 0 spiro atoms. The SMILES string of the molecule is N#Cc1cc(-n2cc(C(F)(F)F)c3c2CC(F)(F)[C@H]3O)cc(C(F)F)c1F. The summed E-state index contributed by atoms with van der Waals surface area (Å²) in [6.07, 6.45) is -12.2. The highest BCUT2D eigenvalue weighted by molar-refractivity contribution is 5.52. The molecule has 2 aromatic rings. The topological polar surface area (TPSA) is 49.0 Å². The van der Waals surface area contributed by atoms with Crippen molar-refractivity contribution in [2.75, 3.05) is 0 Å². The number of hydrogen-bond donors (Lipinski definition) is 1. The van der Waals surface area contributed by atoms with Crippen molar-refractivity contribution in [2.45, 2.75) is 31.0 Å². The van der Waals surface area contributed by atoms with Crippen molar-refractivity contribution in [3.8, 4) is 11.8 Å². The minimum atomic E-state index is -5.11. The molecule has 0 saturated heterocycles. The largest absolute Gasteiger partial charge is 0.418 e. The van der Waals surface area contributed by atoms with Crippen molar-refractivity contribution in [3.05, 3.63) is 52.1 Å². The van der Waals surface area contributed by atoms with Crippen LogP contribution in [-0.4, -0.2) is 15.6 Å². The summed E-state index contributed by atoms with van der Waals surface area (Å²) in [5.74, 6) is -5.46. The van der Waals surface area contributed by atoms with E-state index < -0.39 is 70.5 Å². The van der Waals surface area contributed by atoms with Crippen LogP contribution in [0.5, 0.6) is 0 Å². The van der Waals surface area contributed by atoms with E-state index in [1.54, 1.807) is 0 Å². The second-order valence-electron chi connectivity index (χ2n) is 5.92. The van der Waals surface area contributed by atoms with E-state index in [4.69, 9.17) is 5.26 Å². The molecule has 11 heteroatoms. The number of rotatable bonds is 2. The lowest BCUT2D eigenvalue weighted by molar-refractivity contribution is -0.142. The molecule has 1 N–H and O–H groups in total. The van der Waals surface area contributed by atoms with Gasteiger partial charge in [0.15, 0.2) is 0 Å². The maximum atomic E-state index is 13.8. The normalized spacial score (nSPS) is 18.6. The number of aliphatic hydroxyl groups excluding tert-OH is 1. The van der Waals surface area contributed by atoms with Gasteiger partial charge >= 0.3 is 6.18 Å². The molecule has 1 aliphatic carbocycles. The summed E-state index contributed by atoms with van der Waals surface area (Å²) >= 11 is 0. The van der Waals surface area contributed by atoms with Gasteiger partial charge in [-0.3, -0.25) is 0 Å². The van der Waals surface area contributed by atoms with Crippen LogP contribution in [0.15, 0.2) is 18.3 Å². The zero-order valence-corrected chi connectivity index (χ0v) is 13.0. The summed E-state index contributed by atoms with van der Waals surface area (Å²) in [5, 5.41) is 18.5. The van der Waals surface area contributed by atoms with Gasteiger partial charge in [-0.15, -0.1) is 0 Å². The highest BCUT2D eigenvalue weighted by atomic mass is 19.4. The quantitative estimate of drug-likeness (QED) is 0.751. The van der Waals surface area contributed by atoms with Crippen molar-refractivity contribution in [1.29, 1.82) is 5.26 Å². The van der Waals surface area contributed by atoms with Crippen LogP contribution in [-0.2, 0) is 12.6 Å². The fraction of sp³-hybridized carbons (Fsp3) is 0.312. The van der Waals surface area contributed by atoms with E-state index in [0.29, 0.717) is 22.9 Å². The average molecular weight is 396 g/mol. The number of nitrogens with zero attached hydrogens (tertiary/aromatic N) is 2. The molecule has 0 unspecified atom stereocenters. The van der Waals surface area contributed by atoms with Gasteiger partial charge in [0.25, 0.3) is 12.3 Å². The Hall–Kier alpha value is -2.61. The van der Waals surface area contributed by atoms with E-state index in [1.165, 1.54) is 6.07 Å². The number of hydrogen-bond acceptors (Lipinski definition) is 2. The Bertz CT molecular complexity index is 955. The monoisotopic (exact) mass is 396 g/mol. The number of aromatic nitrogens is 1. The first kappa shape index (κ1) is 19.2. The van der Waals surface area contributed by atoms with Gasteiger partial charge in [0, 0.05) is 23.1 Å². The van der Waals surface area contributed by atoms with Gasteiger partial charge in [0.1, 0.15) is 18.0 Å². The molecule has 0 bridgehead atoms. The number of fused-ring (bicyclic) bond motifs is 1. The molecule has 144 valence electrons. The van der Waals surface area contributed by atoms with E-state index in [2.05, 4.69) is 0 Å². The summed E-state index contributed by atoms with van der Waals surface area (Å²) in [4.78, 5) is 0. The van der Waals surface area contributed by atoms with Crippen LogP contribution in [0, 0.1) is 17.1 Å². The zero-order valence-electron chi connectivity index (χ0n) is 13.0. The summed E-state index contributed by atoms with van der Waals surface area (Å²) in [6.45, 7) is 0. The lowest BCUT2D eigenvalue weighted by Gasteiger charge is -2.16. The van der Waals surface area contributed by atoms with E-state index in [-0.39, 0.29) is 0 Å². The maximum Gasteiger partial charge on any atom is 0.418 e. The first-order valence-corrected chi connectivity index (χ1v) is 7.27. The van der Waals surface area contributed by atoms with Crippen molar-refractivity contribution in [1.82, 2.24) is 4.57 Å². The Morgan fingerprint density at radius 2 is 1.89 bits per heavy atom. The second kappa shape index (κ2) is 5.95. The second-order valence-corrected chi connectivity index (χ2v) is 5.92. The molecule has 0 amide bonds. The van der Waals surface area contributed by atoms with E-state index >= 15 is 0 Å². The predicted octanol–water partition coefficient (Wildman–Crippen LogP) is 4.67. The molecule has 3 nitrogen and oxygen atoms in total. The third kappa shape index (κ3) is 2.93. The highest BCUT2D eigenvalue weighted by Gasteiger charge is 2.53. The number of halogens is 8. The first-order valence-electron chi connectivity index (χ1n) is 7.27. The molecule has 0 fully saturated rings. The van der Waals surface area contributed by atoms with Gasteiger partial charge in [0.05, 0.1) is 23.1 Å². The Morgan fingerprint density at radius 3 is 2.41 bits per heavy atom. The van der Waals surface area contributed by atoms with E-state index in [9.17, 15) is 40.2 Å². The van der Waals surface area contributed by atoms with Crippen molar-refractivity contribution >= 4 is 0 Å². The van der Waals surface area contributed by atoms with Crippen LogP contribution in [0.25, 0.3) is 5.69 Å². The van der Waals surface area contributed by atoms with Crippen LogP contribution in [0.4, 0.5) is 35.1 Å². The summed E-state index contributed by atoms with van der Waals surface area (Å²) in [7, 11) is 0. The third-order valence-electron chi connectivity index (χ3n) is 4.25. The fourth-order valence-corrected chi connectivity index (χ4v) is 3.04. The molecule has 3 rings (SSSR count). The number of nitriles is 1. The summed E-state index contributed by atoms with van der Waals surface area (Å²) in [6, 6.07) is 2.44. The Morgan fingerprint density at radius 1 is 1.26 bits per heavy atom. The fourth-order valence-electron chi connectivity index (χ4n) is 3.04. The number of aliphatic hydroxyl groups is 1. The van der Waals surface area contributed by atoms with Gasteiger partial charge in [-0.25, -0.2) is 22.0 Å². The molecule has 0 radical (unpaired) electrons. The van der Waals surface area contributed by atoms with Crippen LogP contribution < -0.4 is 0 Å². The molecule has 1 aromatic carbocycles. The molecule has 0 aliphatic heterocycles. The Labute approximate surface area is 146 Å². The third-order valence-corrected chi connectivity index (χ3v) is 4.25. The predicted molar refractivity (Wildman–Crippen MR) is 74.0 cm³/mol. The minimum absolute atomic E-state index is 0.354. The van der Waals surface area contributed by atoms with Crippen molar-refractivity contribution in [2.24, 2.45) is 0 Å². The van der Waals surface area contributed by atoms with Crippen LogP contribution >= 0.6 is 0 Å². The lowest BCUT2D eigenvalue weighted by Crippen LogP contribution is -2.24. The van der Waals surface area contributed by atoms with Crippen LogP contribution in [0.1, 0.15) is 40.5 Å². The van der Waals surface area contributed by atoms with Crippen LogP contribution in [0.3, 0.4) is 0 Å². The highest BCUT2D eigenvalue weighted by Crippen LogP contribution is 2.50. The molecule has 1 aliphatic rings. The standard InChI is InChI=1S/C16H8F8N2O/c17-12-6(4-25)1-7(2-8(12)14(18)19)26-5-9(16(22,23)24)11-10(26)3-15(20,21)13(11)27/h1-2,5,13-14,27H,3H2/t13-/m0/s1. The molecule has 1 aromatic heterocycles. The Balaban J connectivity index is 2.31. The molecular formula is C16H8F8N2O. The zero-order chi connectivity index (χ0) is 20.3. The molecule has 0 saturated carbocycles. The van der Waals surface area contributed by atoms with Crippen LogP contribution in [0.2, 0.25) is 0 Å².